The lowest BCUT2D eigenvalue weighted by Gasteiger charge is -2.40. The third-order valence-corrected chi connectivity index (χ3v) is 8.43. The number of nitrogens with one attached hydrogen (secondary N) is 1. The highest BCUT2D eigenvalue weighted by molar-refractivity contribution is 5.86. The summed E-state index contributed by atoms with van der Waals surface area (Å²) in [6.45, 7) is 7.97. The summed E-state index contributed by atoms with van der Waals surface area (Å²) < 4.78 is 13.2. The Balaban J connectivity index is 1.05. The lowest BCUT2D eigenvalue weighted by molar-refractivity contribution is -0.129. The first-order valence-electron chi connectivity index (χ1n) is 13.1. The molecule has 1 atom stereocenters. The Hall–Kier alpha value is -2.35. The molecule has 5 rings (SSSR count). The summed E-state index contributed by atoms with van der Waals surface area (Å²) in [6, 6.07) is 7.15. The maximum Gasteiger partial charge on any atom is 0.319 e. The van der Waals surface area contributed by atoms with Crippen LogP contribution in [0.25, 0.3) is 0 Å². The van der Waals surface area contributed by atoms with Crippen LogP contribution in [0, 0.1) is 11.2 Å². The normalized spacial score (nSPS) is 25.6. The van der Waals surface area contributed by atoms with Crippen molar-refractivity contribution < 1.29 is 14.0 Å². The number of piperidine rings is 2. The number of nitrogens with zero attached hydrogens (tertiary/aromatic N) is 4. The van der Waals surface area contributed by atoms with Gasteiger partial charge in [-0.15, -0.1) is 0 Å². The van der Waals surface area contributed by atoms with Crippen molar-refractivity contribution in [1.29, 1.82) is 0 Å². The number of rotatable bonds is 4. The molecule has 1 spiro atoms. The Labute approximate surface area is 202 Å². The number of halogens is 1. The van der Waals surface area contributed by atoms with E-state index in [1.807, 2.05) is 21.9 Å². The minimum Gasteiger partial charge on any atom is -0.369 e. The van der Waals surface area contributed by atoms with E-state index >= 15 is 0 Å². The van der Waals surface area contributed by atoms with E-state index in [2.05, 4.69) is 15.1 Å². The number of anilines is 1. The predicted molar refractivity (Wildman–Crippen MR) is 130 cm³/mol. The molecule has 0 unspecified atom stereocenters. The summed E-state index contributed by atoms with van der Waals surface area (Å²) in [5, 5.41) is 3.28. The molecular formula is C26H38FN5O2. The van der Waals surface area contributed by atoms with Crippen molar-refractivity contribution in [1.82, 2.24) is 20.0 Å². The van der Waals surface area contributed by atoms with Crippen LogP contribution in [0.5, 0.6) is 0 Å². The summed E-state index contributed by atoms with van der Waals surface area (Å²) in [4.78, 5) is 34.5. The molecule has 4 saturated heterocycles. The SMILES string of the molecule is O=C(N1CCCCC1)N1CCC2(CC1)C[C@H](CCN1CCN(c3ccc(F)cc3)CC1)NC2=O. The molecule has 0 saturated carbocycles. The molecule has 34 heavy (non-hydrogen) atoms. The van der Waals surface area contributed by atoms with Gasteiger partial charge in [-0.1, -0.05) is 0 Å². The van der Waals surface area contributed by atoms with Gasteiger partial charge in [0.15, 0.2) is 0 Å². The van der Waals surface area contributed by atoms with Gasteiger partial charge in [0.05, 0.1) is 5.41 Å². The lowest BCUT2D eigenvalue weighted by atomic mass is 9.75. The number of amides is 3. The van der Waals surface area contributed by atoms with E-state index in [0.717, 1.165) is 90.0 Å². The number of piperazine rings is 1. The second kappa shape index (κ2) is 10.1. The van der Waals surface area contributed by atoms with E-state index in [4.69, 9.17) is 0 Å². The molecule has 8 heteroatoms. The average Bonchev–Trinajstić information content (AvgIpc) is 3.18. The first-order valence-corrected chi connectivity index (χ1v) is 13.1. The molecular weight excluding hydrogens is 433 g/mol. The van der Waals surface area contributed by atoms with Gasteiger partial charge in [0.2, 0.25) is 5.91 Å². The molecule has 1 N–H and O–H groups in total. The summed E-state index contributed by atoms with van der Waals surface area (Å²) >= 11 is 0. The first kappa shape index (κ1) is 23.4. The Kier molecular flexibility index (Phi) is 6.95. The largest absolute Gasteiger partial charge is 0.369 e. The minimum absolute atomic E-state index is 0.171. The Morgan fingerprint density at radius 1 is 0.912 bits per heavy atom. The molecule has 186 valence electrons. The number of urea groups is 1. The van der Waals surface area contributed by atoms with Gasteiger partial charge in [-0.2, -0.15) is 0 Å². The second-order valence-electron chi connectivity index (χ2n) is 10.6. The van der Waals surface area contributed by atoms with Gasteiger partial charge in [-0.3, -0.25) is 9.69 Å². The van der Waals surface area contributed by atoms with Crippen LogP contribution in [0.4, 0.5) is 14.9 Å². The van der Waals surface area contributed by atoms with Crippen LogP contribution in [0.15, 0.2) is 24.3 Å². The van der Waals surface area contributed by atoms with Gasteiger partial charge >= 0.3 is 6.03 Å². The van der Waals surface area contributed by atoms with Crippen molar-refractivity contribution in [2.75, 3.05) is 63.8 Å². The fraction of sp³-hybridized carbons (Fsp3) is 0.692. The first-order chi connectivity index (χ1) is 16.5. The third kappa shape index (κ3) is 5.02. The zero-order valence-electron chi connectivity index (χ0n) is 20.2. The Morgan fingerprint density at radius 3 is 2.24 bits per heavy atom. The Morgan fingerprint density at radius 2 is 1.56 bits per heavy atom. The predicted octanol–water partition coefficient (Wildman–Crippen LogP) is 2.91. The molecule has 0 radical (unpaired) electrons. The third-order valence-electron chi connectivity index (χ3n) is 8.43. The molecule has 4 fully saturated rings. The smallest absolute Gasteiger partial charge is 0.319 e. The number of hydrogen-bond donors (Lipinski definition) is 1. The van der Waals surface area contributed by atoms with E-state index in [1.165, 1.54) is 18.6 Å². The number of carbonyl (C=O) groups is 2. The van der Waals surface area contributed by atoms with Crippen molar-refractivity contribution in [3.05, 3.63) is 30.1 Å². The van der Waals surface area contributed by atoms with Crippen LogP contribution in [0.2, 0.25) is 0 Å². The second-order valence-corrected chi connectivity index (χ2v) is 10.6. The van der Waals surface area contributed by atoms with E-state index in [-0.39, 0.29) is 29.2 Å². The summed E-state index contributed by atoms with van der Waals surface area (Å²) in [5.74, 6) is 0.00161. The van der Waals surface area contributed by atoms with Gasteiger partial charge in [0.25, 0.3) is 0 Å². The van der Waals surface area contributed by atoms with Crippen LogP contribution in [-0.4, -0.2) is 91.6 Å². The molecule has 4 aliphatic heterocycles. The maximum atomic E-state index is 13.2. The number of hydrogen-bond acceptors (Lipinski definition) is 4. The van der Waals surface area contributed by atoms with E-state index in [0.29, 0.717) is 13.1 Å². The lowest BCUT2D eigenvalue weighted by Crippen LogP contribution is -2.51. The number of carbonyl (C=O) groups excluding carboxylic acids is 2. The van der Waals surface area contributed by atoms with Crippen molar-refractivity contribution in [2.24, 2.45) is 5.41 Å². The zero-order valence-corrected chi connectivity index (χ0v) is 20.2. The van der Waals surface area contributed by atoms with Crippen molar-refractivity contribution in [3.63, 3.8) is 0 Å². The van der Waals surface area contributed by atoms with Gasteiger partial charge < -0.3 is 20.0 Å². The molecule has 3 amide bonds. The van der Waals surface area contributed by atoms with Crippen LogP contribution in [-0.2, 0) is 4.79 Å². The molecule has 7 nitrogen and oxygen atoms in total. The summed E-state index contributed by atoms with van der Waals surface area (Å²) in [5.41, 5.74) is 0.793. The monoisotopic (exact) mass is 471 g/mol. The van der Waals surface area contributed by atoms with Crippen molar-refractivity contribution in [2.45, 2.75) is 51.0 Å². The van der Waals surface area contributed by atoms with Gasteiger partial charge in [-0.25, -0.2) is 9.18 Å². The molecule has 0 bridgehead atoms. The van der Waals surface area contributed by atoms with E-state index in [9.17, 15) is 14.0 Å². The Bertz CT molecular complexity index is 856. The fourth-order valence-corrected chi connectivity index (χ4v) is 6.19. The van der Waals surface area contributed by atoms with Crippen LogP contribution >= 0.6 is 0 Å². The van der Waals surface area contributed by atoms with E-state index < -0.39 is 0 Å². The maximum absolute atomic E-state index is 13.2. The van der Waals surface area contributed by atoms with E-state index in [1.54, 1.807) is 0 Å². The quantitative estimate of drug-likeness (QED) is 0.734. The molecule has 1 aromatic rings. The highest BCUT2D eigenvalue weighted by Crippen LogP contribution is 2.41. The topological polar surface area (TPSA) is 59.1 Å². The number of benzene rings is 1. The van der Waals surface area contributed by atoms with Gasteiger partial charge in [0, 0.05) is 70.6 Å². The van der Waals surface area contributed by atoms with Crippen LogP contribution < -0.4 is 10.2 Å². The molecule has 4 aliphatic rings. The highest BCUT2D eigenvalue weighted by atomic mass is 19.1. The molecule has 4 heterocycles. The molecule has 1 aromatic carbocycles. The van der Waals surface area contributed by atoms with Crippen molar-refractivity contribution in [3.8, 4) is 0 Å². The van der Waals surface area contributed by atoms with Crippen molar-refractivity contribution >= 4 is 17.6 Å². The summed E-state index contributed by atoms with van der Waals surface area (Å²) in [6.07, 6.45) is 6.87. The van der Waals surface area contributed by atoms with Crippen LogP contribution in [0.1, 0.15) is 44.9 Å². The van der Waals surface area contributed by atoms with Gasteiger partial charge in [-0.05, 0) is 69.2 Å². The zero-order chi connectivity index (χ0) is 23.5. The highest BCUT2D eigenvalue weighted by Gasteiger charge is 2.48. The molecule has 0 aromatic heterocycles. The standard InChI is InChI=1S/C26H38FN5O2/c27-21-4-6-23(7-5-21)30-18-16-29(17-19-30)13-8-22-20-26(24(33)28-22)9-14-32(15-10-26)25(34)31-11-2-1-3-12-31/h4-7,22H,1-3,8-20H2,(H,28,33)/t22-/m0/s1. The minimum atomic E-state index is -0.287. The van der Waals surface area contributed by atoms with Crippen LogP contribution in [0.3, 0.4) is 0 Å². The average molecular weight is 472 g/mol. The molecule has 0 aliphatic carbocycles. The summed E-state index contributed by atoms with van der Waals surface area (Å²) in [7, 11) is 0. The van der Waals surface area contributed by atoms with Gasteiger partial charge in [0.1, 0.15) is 5.82 Å². The number of likely N-dealkylation sites (tertiary alicyclic amines) is 2. The fourth-order valence-electron chi connectivity index (χ4n) is 6.19.